The molecule has 3 aromatic heterocycles. The number of nitrogens with zero attached hydrogens (tertiary/aromatic N) is 5. The van der Waals surface area contributed by atoms with E-state index in [0.29, 0.717) is 32.8 Å². The molecule has 12 heteroatoms. The van der Waals surface area contributed by atoms with Crippen molar-refractivity contribution in [2.24, 2.45) is 0 Å². The predicted octanol–water partition coefficient (Wildman–Crippen LogP) is 3.70. The summed E-state index contributed by atoms with van der Waals surface area (Å²) in [6.07, 6.45) is -0.724. The Bertz CT molecular complexity index is 1270. The molecule has 3 aromatic rings. The van der Waals surface area contributed by atoms with Crippen LogP contribution in [0.1, 0.15) is 31.5 Å². The Hall–Kier alpha value is -3.87. The topological polar surface area (TPSA) is 151 Å². The second-order valence-electron chi connectivity index (χ2n) is 7.85. The van der Waals surface area contributed by atoms with Crippen molar-refractivity contribution in [1.29, 1.82) is 10.5 Å². The third kappa shape index (κ3) is 6.81. The quantitative estimate of drug-likeness (QED) is 0.483. The van der Waals surface area contributed by atoms with E-state index in [1.807, 2.05) is 11.4 Å². The molecule has 0 saturated carbocycles. The summed E-state index contributed by atoms with van der Waals surface area (Å²) in [7, 11) is 0. The number of thiazole rings is 2. The molecule has 0 fully saturated rings. The zero-order chi connectivity index (χ0) is 24.7. The highest BCUT2D eigenvalue weighted by atomic mass is 32.1. The highest BCUT2D eigenvalue weighted by Gasteiger charge is 2.27. The lowest BCUT2D eigenvalue weighted by Gasteiger charge is -2.22. The maximum Gasteiger partial charge on any atom is 0.408 e. The molecule has 0 saturated heterocycles. The number of ether oxygens (including phenoxy) is 2. The second kappa shape index (κ2) is 10.8. The van der Waals surface area contributed by atoms with E-state index in [9.17, 15) is 9.59 Å². The van der Waals surface area contributed by atoms with Crippen LogP contribution in [-0.2, 0) is 20.7 Å². The van der Waals surface area contributed by atoms with Crippen molar-refractivity contribution in [3.8, 4) is 34.2 Å². The Kier molecular flexibility index (Phi) is 7.89. The number of pyridine rings is 1. The Morgan fingerprint density at radius 2 is 1.85 bits per heavy atom. The Labute approximate surface area is 203 Å². The molecule has 0 aliphatic heterocycles. The van der Waals surface area contributed by atoms with Crippen LogP contribution in [0.2, 0.25) is 0 Å². The van der Waals surface area contributed by atoms with Gasteiger partial charge in [0.15, 0.2) is 6.61 Å². The van der Waals surface area contributed by atoms with E-state index in [0.717, 1.165) is 0 Å². The average molecular weight is 497 g/mol. The van der Waals surface area contributed by atoms with E-state index in [4.69, 9.17) is 20.0 Å². The number of hydrogen-bond acceptors (Lipinski definition) is 11. The largest absolute Gasteiger partial charge is 0.449 e. The van der Waals surface area contributed by atoms with Crippen LogP contribution < -0.4 is 5.32 Å². The van der Waals surface area contributed by atoms with Crippen molar-refractivity contribution in [2.45, 2.75) is 38.8 Å². The number of amides is 1. The summed E-state index contributed by atoms with van der Waals surface area (Å²) in [5.74, 6) is -0.760. The summed E-state index contributed by atoms with van der Waals surface area (Å²) in [6.45, 7) is 4.68. The van der Waals surface area contributed by atoms with Gasteiger partial charge < -0.3 is 14.8 Å². The molecule has 34 heavy (non-hydrogen) atoms. The molecule has 1 amide bonds. The molecule has 3 rings (SSSR count). The van der Waals surface area contributed by atoms with E-state index in [1.165, 1.54) is 22.7 Å². The molecular formula is C22H20N6O4S2. The van der Waals surface area contributed by atoms with Crippen molar-refractivity contribution >= 4 is 34.7 Å². The molecule has 1 N–H and O–H groups in total. The van der Waals surface area contributed by atoms with Crippen LogP contribution in [0.15, 0.2) is 29.0 Å². The standard InChI is InChI=1S/C22H20N6O4S2/c1-22(2,3)32-21(30)28-15(20(29)31-8-7-23)9-18-26-17(12-33-18)19-27-16(11-34-19)14-6-4-5-13(10-24)25-14/h4-6,11-12,15H,8-9H2,1-3H3,(H,28,30)/t15-/m0/s1. The summed E-state index contributed by atoms with van der Waals surface area (Å²) >= 11 is 2.67. The number of rotatable bonds is 7. The molecule has 0 radical (unpaired) electrons. The molecule has 1 atom stereocenters. The molecule has 0 aliphatic carbocycles. The van der Waals surface area contributed by atoms with Gasteiger partial charge in [0.1, 0.15) is 45.9 Å². The lowest BCUT2D eigenvalue weighted by Crippen LogP contribution is -2.45. The number of nitriles is 2. The zero-order valence-electron chi connectivity index (χ0n) is 18.6. The molecule has 0 bridgehead atoms. The first-order chi connectivity index (χ1) is 16.2. The van der Waals surface area contributed by atoms with E-state index in [1.54, 1.807) is 50.4 Å². The van der Waals surface area contributed by atoms with Crippen molar-refractivity contribution in [3.63, 3.8) is 0 Å². The minimum absolute atomic E-state index is 0.0537. The van der Waals surface area contributed by atoms with E-state index < -0.39 is 30.3 Å². The summed E-state index contributed by atoms with van der Waals surface area (Å²) in [5, 5.41) is 25.0. The van der Waals surface area contributed by atoms with Crippen LogP contribution in [0, 0.1) is 22.7 Å². The fraction of sp³-hybridized carbons (Fsp3) is 0.318. The van der Waals surface area contributed by atoms with Crippen LogP contribution in [0.25, 0.3) is 22.1 Å². The molecule has 0 aliphatic rings. The van der Waals surface area contributed by atoms with E-state index in [2.05, 4.69) is 20.3 Å². The number of hydrogen-bond donors (Lipinski definition) is 1. The highest BCUT2D eigenvalue weighted by molar-refractivity contribution is 7.14. The zero-order valence-corrected chi connectivity index (χ0v) is 20.2. The van der Waals surface area contributed by atoms with Gasteiger partial charge >= 0.3 is 12.1 Å². The van der Waals surface area contributed by atoms with Gasteiger partial charge in [-0.15, -0.1) is 22.7 Å². The fourth-order valence-electron chi connectivity index (χ4n) is 2.67. The normalized spacial score (nSPS) is 11.7. The number of carbonyl (C=O) groups excluding carboxylic acids is 2. The Balaban J connectivity index is 1.75. The molecule has 3 heterocycles. The van der Waals surface area contributed by atoms with Gasteiger partial charge in [0.05, 0.1) is 10.7 Å². The van der Waals surface area contributed by atoms with Gasteiger partial charge in [-0.3, -0.25) is 0 Å². The lowest BCUT2D eigenvalue weighted by molar-refractivity contribution is -0.144. The number of esters is 1. The lowest BCUT2D eigenvalue weighted by atomic mass is 10.2. The number of carbonyl (C=O) groups is 2. The summed E-state index contributed by atoms with van der Waals surface area (Å²) in [6, 6.07) is 7.78. The third-order valence-electron chi connectivity index (χ3n) is 4.03. The monoisotopic (exact) mass is 496 g/mol. The van der Waals surface area contributed by atoms with Crippen LogP contribution in [-0.4, -0.2) is 45.3 Å². The molecule has 0 spiro atoms. The average Bonchev–Trinajstić information content (AvgIpc) is 3.45. The van der Waals surface area contributed by atoms with Crippen LogP contribution in [0.4, 0.5) is 4.79 Å². The van der Waals surface area contributed by atoms with Gasteiger partial charge in [0.2, 0.25) is 0 Å². The number of aromatic nitrogens is 3. The maximum absolute atomic E-state index is 12.4. The molecule has 174 valence electrons. The van der Waals surface area contributed by atoms with Gasteiger partial charge in [-0.25, -0.2) is 24.5 Å². The van der Waals surface area contributed by atoms with E-state index >= 15 is 0 Å². The minimum atomic E-state index is -1.08. The van der Waals surface area contributed by atoms with Crippen molar-refractivity contribution in [1.82, 2.24) is 20.3 Å². The molecule has 10 nitrogen and oxygen atoms in total. The van der Waals surface area contributed by atoms with Gasteiger partial charge in [-0.2, -0.15) is 10.5 Å². The molecular weight excluding hydrogens is 476 g/mol. The molecule has 0 unspecified atom stereocenters. The SMILES string of the molecule is CC(C)(C)OC(=O)N[C@@H](Cc1nc(-c2nc(-c3cccc(C#N)n3)cs2)cs1)C(=O)OCC#N. The number of nitrogens with one attached hydrogen (secondary N) is 1. The van der Waals surface area contributed by atoms with Crippen molar-refractivity contribution < 1.29 is 19.1 Å². The Morgan fingerprint density at radius 1 is 1.09 bits per heavy atom. The second-order valence-corrected chi connectivity index (χ2v) is 9.65. The van der Waals surface area contributed by atoms with Crippen molar-refractivity contribution in [3.05, 3.63) is 39.7 Å². The first kappa shape index (κ1) is 24.8. The van der Waals surface area contributed by atoms with E-state index in [-0.39, 0.29) is 6.42 Å². The smallest absolute Gasteiger partial charge is 0.408 e. The summed E-state index contributed by atoms with van der Waals surface area (Å²) < 4.78 is 10.1. The van der Waals surface area contributed by atoms with Crippen LogP contribution in [0.5, 0.6) is 0 Å². The summed E-state index contributed by atoms with van der Waals surface area (Å²) in [5.41, 5.74) is 1.36. The van der Waals surface area contributed by atoms with Gasteiger partial charge in [0.25, 0.3) is 0 Å². The van der Waals surface area contributed by atoms with Crippen LogP contribution in [0.3, 0.4) is 0 Å². The van der Waals surface area contributed by atoms with Gasteiger partial charge in [-0.1, -0.05) is 6.07 Å². The molecule has 0 aromatic carbocycles. The first-order valence-electron chi connectivity index (χ1n) is 9.99. The first-order valence-corrected chi connectivity index (χ1v) is 11.8. The van der Waals surface area contributed by atoms with Gasteiger partial charge in [0, 0.05) is 17.2 Å². The van der Waals surface area contributed by atoms with Crippen LogP contribution >= 0.6 is 22.7 Å². The summed E-state index contributed by atoms with van der Waals surface area (Å²) in [4.78, 5) is 37.9. The predicted molar refractivity (Wildman–Crippen MR) is 125 cm³/mol. The number of alkyl carbamates (subject to hydrolysis) is 1. The third-order valence-corrected chi connectivity index (χ3v) is 5.77. The minimum Gasteiger partial charge on any atom is -0.449 e. The Morgan fingerprint density at radius 3 is 2.56 bits per heavy atom. The maximum atomic E-state index is 12.4. The highest BCUT2D eigenvalue weighted by Crippen LogP contribution is 2.29. The fourth-order valence-corrected chi connectivity index (χ4v) is 4.35. The van der Waals surface area contributed by atoms with Gasteiger partial charge in [-0.05, 0) is 32.9 Å². The van der Waals surface area contributed by atoms with Crippen molar-refractivity contribution in [2.75, 3.05) is 6.61 Å².